The zero-order valence-electron chi connectivity index (χ0n) is 17.5. The lowest BCUT2D eigenvalue weighted by Gasteiger charge is -2.26. The number of nitrogens with zero attached hydrogens (tertiary/aromatic N) is 3. The second kappa shape index (κ2) is 9.32. The van der Waals surface area contributed by atoms with Crippen molar-refractivity contribution in [2.45, 2.75) is 46.2 Å². The van der Waals surface area contributed by atoms with E-state index in [0.29, 0.717) is 24.0 Å². The van der Waals surface area contributed by atoms with E-state index >= 15 is 0 Å². The summed E-state index contributed by atoms with van der Waals surface area (Å²) in [6.07, 6.45) is 3.17. The van der Waals surface area contributed by atoms with Crippen molar-refractivity contribution in [2.24, 2.45) is 0 Å². The summed E-state index contributed by atoms with van der Waals surface area (Å²) in [5, 5.41) is 2.90. The van der Waals surface area contributed by atoms with Gasteiger partial charge in [0.05, 0.1) is 5.56 Å². The first-order valence-electron chi connectivity index (χ1n) is 9.98. The average Bonchev–Trinajstić information content (AvgIpc) is 2.73. The van der Waals surface area contributed by atoms with E-state index < -0.39 is 0 Å². The maximum Gasteiger partial charge on any atom is 0.258 e. The number of hydrogen-bond donors (Lipinski definition) is 1. The molecule has 2 aromatic carbocycles. The number of anilines is 2. The molecule has 0 aliphatic rings. The van der Waals surface area contributed by atoms with Gasteiger partial charge in [0.15, 0.2) is 0 Å². The van der Waals surface area contributed by atoms with Crippen LogP contribution in [0.5, 0.6) is 0 Å². The van der Waals surface area contributed by atoms with Crippen molar-refractivity contribution in [3.05, 3.63) is 83.7 Å². The van der Waals surface area contributed by atoms with Crippen LogP contribution < -0.4 is 10.2 Å². The fourth-order valence-electron chi connectivity index (χ4n) is 3.01. The highest BCUT2D eigenvalue weighted by molar-refractivity contribution is 6.03. The van der Waals surface area contributed by atoms with Crippen LogP contribution in [0.1, 0.15) is 55.1 Å². The molecular weight excluding hydrogens is 360 g/mol. The van der Waals surface area contributed by atoms with Gasteiger partial charge in [-0.3, -0.25) is 4.79 Å². The fraction of sp³-hybridized carbons (Fsp3) is 0.292. The Balaban J connectivity index is 1.70. The van der Waals surface area contributed by atoms with Crippen molar-refractivity contribution in [3.8, 4) is 0 Å². The van der Waals surface area contributed by atoms with E-state index in [4.69, 9.17) is 0 Å². The molecule has 1 aromatic heterocycles. The molecule has 0 saturated carbocycles. The normalized spacial score (nSPS) is 11.0. The summed E-state index contributed by atoms with van der Waals surface area (Å²) < 4.78 is 0. The quantitative estimate of drug-likeness (QED) is 0.599. The second-order valence-corrected chi connectivity index (χ2v) is 7.71. The molecule has 3 rings (SSSR count). The third-order valence-electron chi connectivity index (χ3n) is 4.81. The zero-order chi connectivity index (χ0) is 20.8. The molecule has 0 unspecified atom stereocenters. The highest BCUT2D eigenvalue weighted by Gasteiger charge is 2.15. The Morgan fingerprint density at radius 1 is 0.931 bits per heavy atom. The molecule has 0 aliphatic heterocycles. The highest BCUT2D eigenvalue weighted by atomic mass is 16.1. The molecule has 5 heteroatoms. The van der Waals surface area contributed by atoms with Gasteiger partial charge in [-0.2, -0.15) is 0 Å². The van der Waals surface area contributed by atoms with E-state index in [1.807, 2.05) is 42.5 Å². The molecule has 0 aliphatic carbocycles. The Morgan fingerprint density at radius 2 is 1.55 bits per heavy atom. The summed E-state index contributed by atoms with van der Waals surface area (Å²) in [6, 6.07) is 18.4. The van der Waals surface area contributed by atoms with E-state index in [0.717, 1.165) is 5.69 Å². The van der Waals surface area contributed by atoms with E-state index in [2.05, 4.69) is 60.0 Å². The second-order valence-electron chi connectivity index (χ2n) is 7.71. The minimum Gasteiger partial charge on any atom is -0.334 e. The van der Waals surface area contributed by atoms with E-state index in [9.17, 15) is 4.79 Å². The Hall–Kier alpha value is -3.21. The van der Waals surface area contributed by atoms with Crippen LogP contribution in [-0.4, -0.2) is 21.9 Å². The Labute approximate surface area is 172 Å². The standard InChI is InChI=1S/C24H28N4O/c1-17(2)20-10-12-22(13-11-20)27-23(29)21-14-25-24(26-15-21)28(18(3)4)16-19-8-6-5-7-9-19/h5-15,17-18H,16H2,1-4H3,(H,27,29). The molecule has 0 spiro atoms. The summed E-state index contributed by atoms with van der Waals surface area (Å²) in [6.45, 7) is 9.21. The molecule has 0 bridgehead atoms. The Bertz CT molecular complexity index is 919. The number of nitrogens with one attached hydrogen (secondary N) is 1. The molecule has 3 aromatic rings. The molecule has 1 heterocycles. The van der Waals surface area contributed by atoms with Gasteiger partial charge in [0.2, 0.25) is 5.95 Å². The molecule has 29 heavy (non-hydrogen) atoms. The Kier molecular flexibility index (Phi) is 6.60. The third-order valence-corrected chi connectivity index (χ3v) is 4.81. The predicted octanol–water partition coefficient (Wildman–Crippen LogP) is 5.27. The number of rotatable bonds is 7. The highest BCUT2D eigenvalue weighted by Crippen LogP contribution is 2.19. The number of hydrogen-bond acceptors (Lipinski definition) is 4. The Morgan fingerprint density at radius 3 is 2.10 bits per heavy atom. The molecule has 5 nitrogen and oxygen atoms in total. The number of amides is 1. The van der Waals surface area contributed by atoms with Crippen LogP contribution in [0.25, 0.3) is 0 Å². The molecule has 150 valence electrons. The van der Waals surface area contributed by atoms with Crippen LogP contribution in [0, 0.1) is 0 Å². The zero-order valence-corrected chi connectivity index (χ0v) is 17.5. The molecule has 0 atom stereocenters. The topological polar surface area (TPSA) is 58.1 Å². The van der Waals surface area contributed by atoms with E-state index in [1.54, 1.807) is 12.4 Å². The summed E-state index contributed by atoms with van der Waals surface area (Å²) in [5.74, 6) is 0.857. The lowest BCUT2D eigenvalue weighted by atomic mass is 10.0. The lowest BCUT2D eigenvalue weighted by molar-refractivity contribution is 0.102. The van der Waals surface area contributed by atoms with Crippen LogP contribution >= 0.6 is 0 Å². The van der Waals surface area contributed by atoms with Gasteiger partial charge in [0, 0.05) is 30.7 Å². The van der Waals surface area contributed by atoms with E-state index in [1.165, 1.54) is 11.1 Å². The SMILES string of the molecule is CC(C)c1ccc(NC(=O)c2cnc(N(Cc3ccccc3)C(C)C)nc2)cc1. The van der Waals surface area contributed by atoms with Gasteiger partial charge in [-0.1, -0.05) is 56.3 Å². The molecule has 0 fully saturated rings. The third kappa shape index (κ3) is 5.41. The molecule has 0 radical (unpaired) electrons. The van der Waals surface area contributed by atoms with Crippen molar-refractivity contribution >= 4 is 17.5 Å². The summed E-state index contributed by atoms with van der Waals surface area (Å²) in [5.41, 5.74) is 3.63. The minimum absolute atomic E-state index is 0.215. The smallest absolute Gasteiger partial charge is 0.258 e. The maximum absolute atomic E-state index is 12.5. The first kappa shape index (κ1) is 20.5. The van der Waals surface area contributed by atoms with Gasteiger partial charge in [-0.15, -0.1) is 0 Å². The largest absolute Gasteiger partial charge is 0.334 e. The first-order valence-corrected chi connectivity index (χ1v) is 9.98. The molecule has 1 amide bonds. The van der Waals surface area contributed by atoms with Gasteiger partial charge in [0.25, 0.3) is 5.91 Å². The minimum atomic E-state index is -0.215. The molecule has 0 saturated heterocycles. The van der Waals surface area contributed by atoms with Crippen molar-refractivity contribution in [3.63, 3.8) is 0 Å². The number of benzene rings is 2. The summed E-state index contributed by atoms with van der Waals surface area (Å²) in [4.78, 5) is 23.5. The van der Waals surface area contributed by atoms with Crippen LogP contribution in [-0.2, 0) is 6.54 Å². The van der Waals surface area contributed by atoms with Crippen molar-refractivity contribution in [1.29, 1.82) is 0 Å². The molecule has 1 N–H and O–H groups in total. The van der Waals surface area contributed by atoms with Crippen molar-refractivity contribution < 1.29 is 4.79 Å². The lowest BCUT2D eigenvalue weighted by Crippen LogP contribution is -2.31. The molecular formula is C24H28N4O. The van der Waals surface area contributed by atoms with Gasteiger partial charge in [-0.25, -0.2) is 9.97 Å². The number of carbonyl (C=O) groups excluding carboxylic acids is 1. The van der Waals surface area contributed by atoms with Crippen LogP contribution in [0.2, 0.25) is 0 Å². The van der Waals surface area contributed by atoms with Gasteiger partial charge < -0.3 is 10.2 Å². The maximum atomic E-state index is 12.5. The van der Waals surface area contributed by atoms with Gasteiger partial charge in [-0.05, 0) is 43.0 Å². The van der Waals surface area contributed by atoms with Crippen molar-refractivity contribution in [2.75, 3.05) is 10.2 Å². The average molecular weight is 389 g/mol. The first-order chi connectivity index (χ1) is 13.9. The monoisotopic (exact) mass is 388 g/mol. The van der Waals surface area contributed by atoms with Crippen LogP contribution in [0.15, 0.2) is 67.0 Å². The summed E-state index contributed by atoms with van der Waals surface area (Å²) >= 11 is 0. The van der Waals surface area contributed by atoms with Crippen LogP contribution in [0.4, 0.5) is 11.6 Å². The fourth-order valence-corrected chi connectivity index (χ4v) is 3.01. The van der Waals surface area contributed by atoms with Gasteiger partial charge >= 0.3 is 0 Å². The number of carbonyl (C=O) groups is 1. The predicted molar refractivity (Wildman–Crippen MR) is 118 cm³/mol. The van der Waals surface area contributed by atoms with Crippen LogP contribution in [0.3, 0.4) is 0 Å². The number of aromatic nitrogens is 2. The summed E-state index contributed by atoms with van der Waals surface area (Å²) in [7, 11) is 0. The van der Waals surface area contributed by atoms with Gasteiger partial charge in [0.1, 0.15) is 0 Å². The van der Waals surface area contributed by atoms with E-state index in [-0.39, 0.29) is 11.9 Å². The van der Waals surface area contributed by atoms with Crippen molar-refractivity contribution in [1.82, 2.24) is 9.97 Å².